The highest BCUT2D eigenvalue weighted by Gasteiger charge is 2.33. The van der Waals surface area contributed by atoms with Crippen molar-refractivity contribution < 1.29 is 9.53 Å². The smallest absolute Gasteiger partial charge is 0.254 e. The number of benzene rings is 2. The average molecular weight is 326 g/mol. The number of rotatable bonds is 2. The average Bonchev–Trinajstić information content (AvgIpc) is 2.60. The molecule has 2 unspecified atom stereocenters. The highest BCUT2D eigenvalue weighted by molar-refractivity contribution is 7.99. The highest BCUT2D eigenvalue weighted by atomic mass is 32.2. The van der Waals surface area contributed by atoms with Crippen LogP contribution in [0.4, 0.5) is 0 Å². The quantitative estimate of drug-likeness (QED) is 0.889. The molecule has 5 heteroatoms. The number of nitrogens with one attached hydrogen (secondary N) is 2. The number of carbonyl (C=O) groups excluding carboxylic acids is 1. The molecule has 0 bridgehead atoms. The van der Waals surface area contributed by atoms with Crippen molar-refractivity contribution in [1.82, 2.24) is 10.6 Å². The molecule has 118 valence electrons. The highest BCUT2D eigenvalue weighted by Crippen LogP contribution is 2.37. The van der Waals surface area contributed by atoms with Gasteiger partial charge in [0.1, 0.15) is 11.6 Å². The van der Waals surface area contributed by atoms with Crippen LogP contribution in [0.15, 0.2) is 53.9 Å². The summed E-state index contributed by atoms with van der Waals surface area (Å²) >= 11 is 1.55. The first-order chi connectivity index (χ1) is 11.3. The topological polar surface area (TPSA) is 50.4 Å². The molecule has 0 spiro atoms. The van der Waals surface area contributed by atoms with Crippen molar-refractivity contribution in [2.45, 2.75) is 24.4 Å². The molecule has 2 aliphatic heterocycles. The van der Waals surface area contributed by atoms with E-state index in [2.05, 4.69) is 47.0 Å². The summed E-state index contributed by atoms with van der Waals surface area (Å²) < 4.78 is 6.18. The number of hydrogen-bond acceptors (Lipinski definition) is 4. The molecule has 23 heavy (non-hydrogen) atoms. The first kappa shape index (κ1) is 14.5. The number of amides is 1. The molecular weight excluding hydrogens is 308 g/mol. The van der Waals surface area contributed by atoms with E-state index in [4.69, 9.17) is 4.74 Å². The van der Waals surface area contributed by atoms with Crippen LogP contribution in [0.2, 0.25) is 0 Å². The predicted octanol–water partition coefficient (Wildman–Crippen LogP) is 3.27. The van der Waals surface area contributed by atoms with Gasteiger partial charge in [-0.1, -0.05) is 42.5 Å². The third-order valence-electron chi connectivity index (χ3n) is 4.40. The maximum absolute atomic E-state index is 12.2. The van der Waals surface area contributed by atoms with Gasteiger partial charge in [-0.05, 0) is 29.9 Å². The van der Waals surface area contributed by atoms with Gasteiger partial charge in [0, 0.05) is 5.56 Å². The third-order valence-corrected chi connectivity index (χ3v) is 5.10. The lowest BCUT2D eigenvalue weighted by atomic mass is 9.94. The first-order valence-corrected chi connectivity index (χ1v) is 9.02. The van der Waals surface area contributed by atoms with Crippen molar-refractivity contribution in [3.63, 3.8) is 0 Å². The normalized spacial score (nSPS) is 23.8. The second-order valence-corrected chi connectivity index (χ2v) is 6.70. The molecule has 4 rings (SSSR count). The third kappa shape index (κ3) is 2.55. The molecule has 0 saturated heterocycles. The summed E-state index contributed by atoms with van der Waals surface area (Å²) in [7, 11) is 0. The van der Waals surface area contributed by atoms with Crippen LogP contribution in [0, 0.1) is 0 Å². The predicted molar refractivity (Wildman–Crippen MR) is 92.6 cm³/mol. The molecule has 0 fully saturated rings. The Bertz CT molecular complexity index is 797. The van der Waals surface area contributed by atoms with Gasteiger partial charge in [-0.2, -0.15) is 0 Å². The van der Waals surface area contributed by atoms with Crippen molar-refractivity contribution in [1.29, 1.82) is 0 Å². The minimum absolute atomic E-state index is 0.0190. The molecule has 0 aliphatic carbocycles. The summed E-state index contributed by atoms with van der Waals surface area (Å²) in [5.74, 6) is 0.617. The summed E-state index contributed by atoms with van der Waals surface area (Å²) in [5.41, 5.74) is 1.78. The minimum Gasteiger partial charge on any atom is -0.471 e. The van der Waals surface area contributed by atoms with Crippen LogP contribution in [0.25, 0.3) is 10.8 Å². The zero-order valence-corrected chi connectivity index (χ0v) is 13.7. The van der Waals surface area contributed by atoms with Gasteiger partial charge in [0.2, 0.25) is 0 Å². The Morgan fingerprint density at radius 3 is 2.83 bits per heavy atom. The lowest BCUT2D eigenvalue weighted by Gasteiger charge is -2.35. The van der Waals surface area contributed by atoms with Gasteiger partial charge in [-0.3, -0.25) is 4.79 Å². The summed E-state index contributed by atoms with van der Waals surface area (Å²) in [5, 5.41) is 8.62. The monoisotopic (exact) mass is 326 g/mol. The van der Waals surface area contributed by atoms with Crippen LogP contribution in [-0.2, 0) is 9.53 Å². The summed E-state index contributed by atoms with van der Waals surface area (Å²) in [6.07, 6.45) is 3.46. The zero-order chi connectivity index (χ0) is 15.8. The molecular formula is C18H18N2O2S. The Morgan fingerprint density at radius 2 is 1.96 bits per heavy atom. The molecule has 2 aromatic carbocycles. The van der Waals surface area contributed by atoms with Gasteiger partial charge in [0.25, 0.3) is 5.91 Å². The van der Waals surface area contributed by atoms with E-state index in [-0.39, 0.29) is 17.5 Å². The largest absolute Gasteiger partial charge is 0.471 e. The SMILES string of the molecule is CSC1NC(=O)C2=C(N1)OC(c1cccc3ccccc13)CC2. The van der Waals surface area contributed by atoms with Gasteiger partial charge in [-0.15, -0.1) is 11.8 Å². The molecule has 2 heterocycles. The van der Waals surface area contributed by atoms with Crippen LogP contribution < -0.4 is 10.6 Å². The summed E-state index contributed by atoms with van der Waals surface area (Å²) in [6, 6.07) is 14.6. The Labute approximate surface area is 139 Å². The van der Waals surface area contributed by atoms with Crippen LogP contribution in [-0.4, -0.2) is 17.7 Å². The molecule has 4 nitrogen and oxygen atoms in total. The maximum Gasteiger partial charge on any atom is 0.254 e. The van der Waals surface area contributed by atoms with E-state index in [0.717, 1.165) is 18.4 Å². The van der Waals surface area contributed by atoms with Crippen LogP contribution in [0.5, 0.6) is 0 Å². The van der Waals surface area contributed by atoms with E-state index in [1.807, 2.05) is 12.3 Å². The van der Waals surface area contributed by atoms with Crippen LogP contribution >= 0.6 is 11.8 Å². The minimum atomic E-state index is -0.132. The maximum atomic E-state index is 12.2. The van der Waals surface area contributed by atoms with E-state index >= 15 is 0 Å². The molecule has 2 aliphatic rings. The second kappa shape index (κ2) is 5.81. The lowest BCUT2D eigenvalue weighted by molar-refractivity contribution is -0.119. The van der Waals surface area contributed by atoms with Crippen molar-refractivity contribution >= 4 is 28.4 Å². The van der Waals surface area contributed by atoms with E-state index in [9.17, 15) is 4.79 Å². The number of fused-ring (bicyclic) bond motifs is 1. The number of thioether (sulfide) groups is 1. The van der Waals surface area contributed by atoms with Gasteiger partial charge in [0.05, 0.1) is 5.57 Å². The molecule has 0 aromatic heterocycles. The fourth-order valence-electron chi connectivity index (χ4n) is 3.23. The van der Waals surface area contributed by atoms with Crippen LogP contribution in [0.3, 0.4) is 0 Å². The van der Waals surface area contributed by atoms with Gasteiger partial charge in [0.15, 0.2) is 5.88 Å². The van der Waals surface area contributed by atoms with Crippen molar-refractivity contribution in [3.05, 3.63) is 59.5 Å². The Hall–Kier alpha value is -2.14. The summed E-state index contributed by atoms with van der Waals surface area (Å²) in [6.45, 7) is 0. The Morgan fingerprint density at radius 1 is 1.13 bits per heavy atom. The van der Waals surface area contributed by atoms with E-state index in [1.54, 1.807) is 11.8 Å². The number of hydrogen-bond donors (Lipinski definition) is 2. The molecule has 1 amide bonds. The second-order valence-electron chi connectivity index (χ2n) is 5.75. The lowest BCUT2D eigenvalue weighted by Crippen LogP contribution is -2.50. The fourth-order valence-corrected chi connectivity index (χ4v) is 3.68. The molecule has 0 radical (unpaired) electrons. The van der Waals surface area contributed by atoms with Crippen molar-refractivity contribution in [2.24, 2.45) is 0 Å². The molecule has 0 saturated carbocycles. The van der Waals surface area contributed by atoms with E-state index in [1.165, 1.54) is 16.3 Å². The molecule has 2 atom stereocenters. The Balaban J connectivity index is 1.69. The standard InChI is InChI=1S/C18H18N2O2S/c1-23-18-19-16(21)14-9-10-15(22-17(14)20-18)13-8-4-6-11-5-2-3-7-12(11)13/h2-8,15,18,20H,9-10H2,1H3,(H,19,21). The first-order valence-electron chi connectivity index (χ1n) is 7.74. The van der Waals surface area contributed by atoms with Crippen LogP contribution in [0.1, 0.15) is 24.5 Å². The fraction of sp³-hybridized carbons (Fsp3) is 0.278. The number of ether oxygens (including phenoxy) is 1. The van der Waals surface area contributed by atoms with E-state index < -0.39 is 0 Å². The van der Waals surface area contributed by atoms with E-state index in [0.29, 0.717) is 5.88 Å². The summed E-state index contributed by atoms with van der Waals surface area (Å²) in [4.78, 5) is 12.2. The zero-order valence-electron chi connectivity index (χ0n) is 12.8. The van der Waals surface area contributed by atoms with Gasteiger partial charge >= 0.3 is 0 Å². The molecule has 2 N–H and O–H groups in total. The Kier molecular flexibility index (Phi) is 3.65. The van der Waals surface area contributed by atoms with Crippen molar-refractivity contribution in [3.8, 4) is 0 Å². The van der Waals surface area contributed by atoms with Gasteiger partial charge in [-0.25, -0.2) is 0 Å². The van der Waals surface area contributed by atoms with Crippen molar-refractivity contribution in [2.75, 3.05) is 6.26 Å². The van der Waals surface area contributed by atoms with Gasteiger partial charge < -0.3 is 15.4 Å². The molecule has 2 aromatic rings. The number of carbonyl (C=O) groups is 1.